The maximum atomic E-state index is 10.9. The van der Waals surface area contributed by atoms with Crippen molar-refractivity contribution in [1.29, 1.82) is 0 Å². The van der Waals surface area contributed by atoms with Gasteiger partial charge in [0.1, 0.15) is 32.5 Å². The molecule has 1 fully saturated rings. The minimum absolute atomic E-state index is 0.125. The molecule has 0 amide bonds. The van der Waals surface area contributed by atoms with Crippen molar-refractivity contribution in [3.05, 3.63) is 0 Å². The van der Waals surface area contributed by atoms with E-state index in [0.717, 1.165) is 0 Å². The van der Waals surface area contributed by atoms with E-state index >= 15 is 0 Å². The largest absolute Gasteiger partial charge is 0.388 e. The molecular weight excluding hydrogens is 315 g/mol. The van der Waals surface area contributed by atoms with Gasteiger partial charge in [0.2, 0.25) is 0 Å². The Balaban J connectivity index is 2.82. The smallest absolute Gasteiger partial charge is 0.325 e. The number of aliphatic hydroxyl groups is 3. The number of ether oxygens (including phenoxy) is 1. The van der Waals surface area contributed by atoms with E-state index in [0.29, 0.717) is 0 Å². The van der Waals surface area contributed by atoms with Crippen LogP contribution in [-0.4, -0.2) is 69.9 Å². The Labute approximate surface area is 125 Å². The Hall–Kier alpha value is -0.233. The van der Waals surface area contributed by atoms with Crippen LogP contribution in [0.15, 0.2) is 0 Å². The third kappa shape index (κ3) is 6.18. The van der Waals surface area contributed by atoms with E-state index in [1.54, 1.807) is 0 Å². The van der Waals surface area contributed by atoms with Gasteiger partial charge in [-0.05, 0) is 6.42 Å². The minimum atomic E-state index is -4.22. The molecule has 1 rings (SSSR count). The summed E-state index contributed by atoms with van der Waals surface area (Å²) in [6.07, 6.45) is -6.76. The van der Waals surface area contributed by atoms with Gasteiger partial charge >= 0.3 is 7.60 Å². The third-order valence-electron chi connectivity index (χ3n) is 3.01. The van der Waals surface area contributed by atoms with Gasteiger partial charge in [-0.2, -0.15) is 0 Å². The molecule has 21 heavy (non-hydrogen) atoms. The first-order chi connectivity index (χ1) is 9.41. The van der Waals surface area contributed by atoms with E-state index in [4.69, 9.17) is 14.5 Å². The molecule has 122 valence electrons. The van der Waals surface area contributed by atoms with Crippen LogP contribution in [-0.2, 0) is 9.30 Å². The van der Waals surface area contributed by atoms with Crippen LogP contribution < -0.4 is 0 Å². The zero-order chi connectivity index (χ0) is 16.4. The van der Waals surface area contributed by atoms with Crippen molar-refractivity contribution < 1.29 is 34.4 Å². The summed E-state index contributed by atoms with van der Waals surface area (Å²) in [7, 11) is -5.92. The zero-order valence-corrected chi connectivity index (χ0v) is 14.2. The van der Waals surface area contributed by atoms with Crippen molar-refractivity contribution in [3.8, 4) is 11.5 Å². The normalized spacial score (nSPS) is 34.2. The second-order valence-corrected chi connectivity index (χ2v) is 12.8. The lowest BCUT2D eigenvalue weighted by atomic mass is 9.94. The van der Waals surface area contributed by atoms with Crippen LogP contribution in [0.5, 0.6) is 0 Å². The molecule has 0 aliphatic carbocycles. The van der Waals surface area contributed by atoms with Gasteiger partial charge in [0.05, 0.1) is 12.3 Å². The molecule has 0 aromatic rings. The Kier molecular flexibility index (Phi) is 6.18. The lowest BCUT2D eigenvalue weighted by molar-refractivity contribution is -0.206. The highest BCUT2D eigenvalue weighted by Crippen LogP contribution is 2.37. The summed E-state index contributed by atoms with van der Waals surface area (Å²) < 4.78 is 16.3. The molecule has 0 bridgehead atoms. The minimum Gasteiger partial charge on any atom is -0.388 e. The molecule has 5 N–H and O–H groups in total. The molecule has 5 atom stereocenters. The van der Waals surface area contributed by atoms with E-state index in [9.17, 15) is 19.9 Å². The maximum Gasteiger partial charge on any atom is 0.325 e. The van der Waals surface area contributed by atoms with Gasteiger partial charge in [0.25, 0.3) is 0 Å². The van der Waals surface area contributed by atoms with Crippen LogP contribution in [0.1, 0.15) is 6.42 Å². The average molecular weight is 338 g/mol. The molecular formula is C12H23O7PSi. The van der Waals surface area contributed by atoms with Crippen molar-refractivity contribution >= 4 is 15.7 Å². The predicted molar refractivity (Wildman–Crippen MR) is 79.3 cm³/mol. The first-order valence-corrected chi connectivity index (χ1v) is 12.0. The molecule has 1 heterocycles. The van der Waals surface area contributed by atoms with E-state index in [-0.39, 0.29) is 6.42 Å². The molecule has 9 heteroatoms. The van der Waals surface area contributed by atoms with Crippen molar-refractivity contribution in [2.75, 3.05) is 6.16 Å². The first kappa shape index (κ1) is 18.8. The number of hydrogen-bond donors (Lipinski definition) is 5. The molecule has 0 radical (unpaired) electrons. The standard InChI is InChI=1S/C12H23O7PSi/c1-21(2,3)7-5-9-11(14)12(15)10(13)8(19-9)4-6-20(16,17)18/h8-15H,4,6H2,1-3H3,(H2,16,17,18)/t8-,9-,10-,11-,12+/m1/s1. The maximum absolute atomic E-state index is 10.9. The molecule has 0 aromatic carbocycles. The first-order valence-electron chi connectivity index (χ1n) is 6.68. The lowest BCUT2D eigenvalue weighted by Crippen LogP contribution is -2.57. The lowest BCUT2D eigenvalue weighted by Gasteiger charge is -2.39. The SMILES string of the molecule is C[Si](C)(C)C#C[C@H]1O[C@H](CCP(=O)(O)O)[C@@H](O)[C@H](O)[C@@H]1O. The van der Waals surface area contributed by atoms with Crippen molar-refractivity contribution in [3.63, 3.8) is 0 Å². The van der Waals surface area contributed by atoms with Crippen LogP contribution in [0, 0.1) is 11.5 Å². The highest BCUT2D eigenvalue weighted by molar-refractivity contribution is 7.51. The predicted octanol–water partition coefficient (Wildman–Crippen LogP) is -0.715. The van der Waals surface area contributed by atoms with Crippen molar-refractivity contribution in [2.24, 2.45) is 0 Å². The Bertz CT molecular complexity index is 460. The van der Waals surface area contributed by atoms with Crippen LogP contribution in [0.25, 0.3) is 0 Å². The van der Waals surface area contributed by atoms with Crippen LogP contribution in [0.3, 0.4) is 0 Å². The molecule has 1 aliphatic heterocycles. The topological polar surface area (TPSA) is 127 Å². The van der Waals surface area contributed by atoms with Crippen molar-refractivity contribution in [2.45, 2.75) is 56.6 Å². The van der Waals surface area contributed by atoms with Gasteiger partial charge in [-0.3, -0.25) is 4.57 Å². The van der Waals surface area contributed by atoms with E-state index in [2.05, 4.69) is 11.5 Å². The molecule has 0 unspecified atom stereocenters. The Morgan fingerprint density at radius 2 is 1.67 bits per heavy atom. The fourth-order valence-corrected chi connectivity index (χ4v) is 3.06. The molecule has 1 saturated heterocycles. The van der Waals surface area contributed by atoms with E-state index < -0.39 is 52.4 Å². The summed E-state index contributed by atoms with van der Waals surface area (Å²) in [5.74, 6) is 2.76. The van der Waals surface area contributed by atoms with Gasteiger partial charge in [0.15, 0.2) is 0 Å². The zero-order valence-electron chi connectivity index (χ0n) is 12.3. The Morgan fingerprint density at radius 1 is 1.10 bits per heavy atom. The summed E-state index contributed by atoms with van der Waals surface area (Å²) >= 11 is 0. The summed E-state index contributed by atoms with van der Waals surface area (Å²) in [5, 5.41) is 29.5. The summed E-state index contributed by atoms with van der Waals surface area (Å²) in [6.45, 7) is 6.02. The molecule has 0 aromatic heterocycles. The van der Waals surface area contributed by atoms with Gasteiger partial charge in [0, 0.05) is 0 Å². The second kappa shape index (κ2) is 6.90. The summed E-state index contributed by atoms with van der Waals surface area (Å²) in [6, 6.07) is 0. The summed E-state index contributed by atoms with van der Waals surface area (Å²) in [5.41, 5.74) is 3.01. The van der Waals surface area contributed by atoms with Crippen molar-refractivity contribution in [1.82, 2.24) is 0 Å². The number of hydrogen-bond acceptors (Lipinski definition) is 5. The van der Waals surface area contributed by atoms with E-state index in [1.807, 2.05) is 19.6 Å². The van der Waals surface area contributed by atoms with Crippen LogP contribution in [0.2, 0.25) is 19.6 Å². The highest BCUT2D eigenvalue weighted by Gasteiger charge is 2.43. The highest BCUT2D eigenvalue weighted by atomic mass is 31.2. The quantitative estimate of drug-likeness (QED) is 0.261. The fourth-order valence-electron chi connectivity index (χ4n) is 1.89. The van der Waals surface area contributed by atoms with Gasteiger partial charge < -0.3 is 29.8 Å². The second-order valence-electron chi connectivity index (χ2n) is 6.26. The average Bonchev–Trinajstić information content (AvgIpc) is 2.31. The molecule has 1 aliphatic rings. The number of rotatable bonds is 3. The van der Waals surface area contributed by atoms with Gasteiger partial charge in [-0.1, -0.05) is 25.6 Å². The Morgan fingerprint density at radius 3 is 2.14 bits per heavy atom. The monoisotopic (exact) mass is 338 g/mol. The van der Waals surface area contributed by atoms with Crippen LogP contribution in [0.4, 0.5) is 0 Å². The third-order valence-corrected chi connectivity index (χ3v) is 4.74. The van der Waals surface area contributed by atoms with E-state index in [1.165, 1.54) is 0 Å². The molecule has 0 spiro atoms. The number of aliphatic hydroxyl groups excluding tert-OH is 3. The van der Waals surface area contributed by atoms with Gasteiger partial charge in [-0.25, -0.2) is 0 Å². The molecule has 7 nitrogen and oxygen atoms in total. The van der Waals surface area contributed by atoms with Crippen LogP contribution >= 0.6 is 7.60 Å². The molecule has 0 saturated carbocycles. The fraction of sp³-hybridized carbons (Fsp3) is 0.833. The van der Waals surface area contributed by atoms with Gasteiger partial charge in [-0.15, -0.1) is 5.54 Å². The summed E-state index contributed by atoms with van der Waals surface area (Å²) in [4.78, 5) is 17.7.